The lowest BCUT2D eigenvalue weighted by Gasteiger charge is -2.17. The molecule has 0 nitrogen and oxygen atoms in total. The van der Waals surface area contributed by atoms with Gasteiger partial charge in [-0.3, -0.25) is 0 Å². The molecular formula is C16H14. The maximum atomic E-state index is 3.88. The van der Waals surface area contributed by atoms with Crippen molar-refractivity contribution in [3.8, 4) is 0 Å². The van der Waals surface area contributed by atoms with Crippen molar-refractivity contribution >= 4 is 24.3 Å². The van der Waals surface area contributed by atoms with Gasteiger partial charge in [-0.25, -0.2) is 0 Å². The summed E-state index contributed by atoms with van der Waals surface area (Å²) >= 11 is 0. The van der Waals surface area contributed by atoms with Crippen molar-refractivity contribution in [3.63, 3.8) is 0 Å². The molecule has 0 saturated heterocycles. The van der Waals surface area contributed by atoms with E-state index < -0.39 is 0 Å². The van der Waals surface area contributed by atoms with Crippen LogP contribution in [-0.2, 0) is 0 Å². The summed E-state index contributed by atoms with van der Waals surface area (Å²) in [5.74, 6) is 0. The van der Waals surface area contributed by atoms with E-state index in [2.05, 4.69) is 38.5 Å². The van der Waals surface area contributed by atoms with Gasteiger partial charge in [-0.05, 0) is 59.4 Å². The third-order valence-electron chi connectivity index (χ3n) is 3.12. The van der Waals surface area contributed by atoms with Crippen molar-refractivity contribution in [2.24, 2.45) is 0 Å². The second-order valence-electron chi connectivity index (χ2n) is 3.89. The molecular weight excluding hydrogens is 192 g/mol. The number of fused-ring (bicyclic) bond motifs is 1. The fourth-order valence-corrected chi connectivity index (χ4v) is 2.22. The molecule has 0 bridgehead atoms. The minimum absolute atomic E-state index is 1.17. The zero-order valence-corrected chi connectivity index (χ0v) is 9.72. The van der Waals surface area contributed by atoms with Gasteiger partial charge >= 0.3 is 0 Å². The first-order chi connectivity index (χ1) is 7.70. The molecule has 1 aliphatic rings. The Bertz CT molecular complexity index is 532. The molecule has 0 saturated carbocycles. The highest BCUT2D eigenvalue weighted by Crippen LogP contribution is 2.31. The van der Waals surface area contributed by atoms with Gasteiger partial charge in [-0.1, -0.05) is 36.8 Å². The van der Waals surface area contributed by atoms with E-state index in [4.69, 9.17) is 0 Å². The van der Waals surface area contributed by atoms with Crippen LogP contribution < -0.4 is 0 Å². The van der Waals surface area contributed by atoms with Gasteiger partial charge in [-0.15, -0.1) is 0 Å². The largest absolute Gasteiger partial charge is 0.0984 e. The first-order valence-electron chi connectivity index (χ1n) is 5.30. The summed E-state index contributed by atoms with van der Waals surface area (Å²) < 4.78 is 0. The van der Waals surface area contributed by atoms with Crippen LogP contribution in [-0.4, -0.2) is 0 Å². The van der Waals surface area contributed by atoms with Crippen molar-refractivity contribution in [1.29, 1.82) is 0 Å². The van der Waals surface area contributed by atoms with Gasteiger partial charge in [0.25, 0.3) is 0 Å². The van der Waals surface area contributed by atoms with Gasteiger partial charge in [0, 0.05) is 0 Å². The van der Waals surface area contributed by atoms with Crippen LogP contribution in [0.15, 0.2) is 24.6 Å². The molecule has 0 radical (unpaired) electrons. The summed E-state index contributed by atoms with van der Waals surface area (Å²) in [6.45, 7) is 12.0. The van der Waals surface area contributed by atoms with E-state index >= 15 is 0 Å². The average Bonchev–Trinajstić information content (AvgIpc) is 2.33. The van der Waals surface area contributed by atoms with Gasteiger partial charge in [-0.2, -0.15) is 0 Å². The quantitative estimate of drug-likeness (QED) is 0.639. The number of benzene rings is 1. The predicted molar refractivity (Wildman–Crippen MR) is 72.1 cm³/mol. The average molecular weight is 206 g/mol. The van der Waals surface area contributed by atoms with E-state index in [1.54, 1.807) is 0 Å². The molecule has 0 N–H and O–H groups in total. The molecule has 2 rings (SSSR count). The van der Waals surface area contributed by atoms with Crippen LogP contribution in [0.5, 0.6) is 0 Å². The minimum atomic E-state index is 1.17. The molecule has 0 atom stereocenters. The molecule has 78 valence electrons. The van der Waals surface area contributed by atoms with Crippen molar-refractivity contribution in [3.05, 3.63) is 58.0 Å². The molecule has 1 aromatic rings. The summed E-state index contributed by atoms with van der Waals surface area (Å²) in [7, 11) is 0. The van der Waals surface area contributed by atoms with Crippen molar-refractivity contribution in [2.75, 3.05) is 0 Å². The van der Waals surface area contributed by atoms with E-state index in [0.717, 1.165) is 0 Å². The van der Waals surface area contributed by atoms with Crippen LogP contribution >= 0.6 is 0 Å². The maximum Gasteiger partial charge on any atom is -0.00335 e. The molecule has 16 heavy (non-hydrogen) atoms. The van der Waals surface area contributed by atoms with Crippen LogP contribution in [0.1, 0.15) is 33.4 Å². The molecule has 0 fully saturated rings. The zero-order chi connectivity index (χ0) is 11.7. The van der Waals surface area contributed by atoms with Crippen molar-refractivity contribution in [1.82, 2.24) is 0 Å². The Labute approximate surface area is 96.6 Å². The molecule has 0 heteroatoms. The van der Waals surface area contributed by atoms with E-state index in [1.807, 2.05) is 24.3 Å². The molecule has 0 aliphatic heterocycles. The van der Waals surface area contributed by atoms with Gasteiger partial charge in [0.15, 0.2) is 0 Å². The third-order valence-corrected chi connectivity index (χ3v) is 3.12. The molecule has 1 aromatic carbocycles. The smallest absolute Gasteiger partial charge is 0.00335 e. The SMILES string of the molecule is C=Cc1c(C)c2c(c(C)c1C=C)C=C=C=C2. The lowest BCUT2D eigenvalue weighted by molar-refractivity contribution is 1.32. The first kappa shape index (κ1) is 10.5. The Morgan fingerprint density at radius 1 is 0.875 bits per heavy atom. The minimum Gasteiger partial charge on any atom is -0.0984 e. The summed E-state index contributed by atoms with van der Waals surface area (Å²) in [6, 6.07) is 0. The number of hydrogen-bond acceptors (Lipinski definition) is 0. The van der Waals surface area contributed by atoms with E-state index in [-0.39, 0.29) is 0 Å². The fraction of sp³-hybridized carbons (Fsp3) is 0.125. The van der Waals surface area contributed by atoms with Crippen LogP contribution in [0.25, 0.3) is 24.3 Å². The Hall–Kier alpha value is -2.00. The van der Waals surface area contributed by atoms with E-state index in [1.165, 1.54) is 33.4 Å². The summed E-state index contributed by atoms with van der Waals surface area (Å²) in [5, 5.41) is 0. The van der Waals surface area contributed by atoms with Crippen LogP contribution in [0, 0.1) is 13.8 Å². The molecule has 0 amide bonds. The van der Waals surface area contributed by atoms with Crippen LogP contribution in [0.2, 0.25) is 0 Å². The Morgan fingerprint density at radius 3 is 1.56 bits per heavy atom. The summed E-state index contributed by atoms with van der Waals surface area (Å²) in [4.78, 5) is 0. The van der Waals surface area contributed by atoms with Gasteiger partial charge < -0.3 is 0 Å². The molecule has 0 aromatic heterocycles. The highest BCUT2D eigenvalue weighted by atomic mass is 14.2. The van der Waals surface area contributed by atoms with Crippen molar-refractivity contribution in [2.45, 2.75) is 13.8 Å². The Balaban J connectivity index is 2.94. The second kappa shape index (κ2) is 3.87. The predicted octanol–water partition coefficient (Wildman–Crippen LogP) is 4.38. The molecule has 0 heterocycles. The standard InChI is InChI=1S/C16H14/c1-5-13-11(3)15-9-7-8-10-16(15)12(4)14(13)6-2/h5-6,9-10H,1-2H2,3-4H3. The van der Waals surface area contributed by atoms with Gasteiger partial charge in [0.05, 0.1) is 0 Å². The highest BCUT2D eigenvalue weighted by molar-refractivity contribution is 5.82. The Morgan fingerprint density at radius 2 is 1.25 bits per heavy atom. The number of hydrogen-bond donors (Lipinski definition) is 0. The monoisotopic (exact) mass is 206 g/mol. The second-order valence-corrected chi connectivity index (χ2v) is 3.89. The maximum absolute atomic E-state index is 3.88. The third kappa shape index (κ3) is 1.33. The van der Waals surface area contributed by atoms with E-state index in [0.29, 0.717) is 0 Å². The number of rotatable bonds is 2. The summed E-state index contributed by atoms with van der Waals surface area (Å²) in [5.41, 5.74) is 13.2. The zero-order valence-electron chi connectivity index (χ0n) is 9.72. The van der Waals surface area contributed by atoms with Crippen LogP contribution in [0.3, 0.4) is 0 Å². The first-order valence-corrected chi connectivity index (χ1v) is 5.30. The van der Waals surface area contributed by atoms with Gasteiger partial charge in [0.1, 0.15) is 0 Å². The van der Waals surface area contributed by atoms with Gasteiger partial charge in [0.2, 0.25) is 0 Å². The molecule has 0 unspecified atom stereocenters. The lowest BCUT2D eigenvalue weighted by atomic mass is 9.86. The van der Waals surface area contributed by atoms with Crippen LogP contribution in [0.4, 0.5) is 0 Å². The molecule has 1 aliphatic carbocycles. The summed E-state index contributed by atoms with van der Waals surface area (Å²) in [6.07, 6.45) is 7.76. The highest BCUT2D eigenvalue weighted by Gasteiger charge is 2.14. The lowest BCUT2D eigenvalue weighted by Crippen LogP contribution is -1.99. The molecule has 0 spiro atoms. The van der Waals surface area contributed by atoms with E-state index in [9.17, 15) is 0 Å². The Kier molecular flexibility index (Phi) is 2.54. The topological polar surface area (TPSA) is 0 Å². The fourth-order valence-electron chi connectivity index (χ4n) is 2.22. The van der Waals surface area contributed by atoms with Crippen molar-refractivity contribution < 1.29 is 0 Å². The normalized spacial score (nSPS) is 11.4.